The average molecular weight is 406 g/mol. The highest BCUT2D eigenvalue weighted by Gasteiger charge is 2.26. The lowest BCUT2D eigenvalue weighted by atomic mass is 10.00. The number of benzene rings is 2. The molecule has 0 saturated heterocycles. The molecule has 0 amide bonds. The van der Waals surface area contributed by atoms with Crippen LogP contribution in [0.4, 0.5) is 4.39 Å². The van der Waals surface area contributed by atoms with Gasteiger partial charge in [0.05, 0.1) is 6.42 Å². The summed E-state index contributed by atoms with van der Waals surface area (Å²) >= 11 is 0. The standard InChI is InChI=1S/C25H23FO4/c1-4-24(27)29-11-12-30-25(28)15-22-17(3)21(13-18-7-5-16(2)6-8-18)20-10-9-19(26)14-23(20)22/h4-10,13-14H,1,11-12,15H2,2-3H3/b21-13-. The largest absolute Gasteiger partial charge is 0.462 e. The van der Waals surface area contributed by atoms with Crippen molar-refractivity contribution in [3.63, 3.8) is 0 Å². The summed E-state index contributed by atoms with van der Waals surface area (Å²) in [5.74, 6) is -1.40. The van der Waals surface area contributed by atoms with Crippen LogP contribution >= 0.6 is 0 Å². The molecule has 0 radical (unpaired) electrons. The van der Waals surface area contributed by atoms with Crippen LogP contribution in [0.5, 0.6) is 0 Å². The molecule has 2 aromatic carbocycles. The number of ether oxygens (including phenoxy) is 2. The molecule has 5 heteroatoms. The quantitative estimate of drug-likeness (QED) is 0.364. The Bertz CT molecular complexity index is 1050. The Kier molecular flexibility index (Phi) is 6.62. The molecule has 1 aliphatic rings. The summed E-state index contributed by atoms with van der Waals surface area (Å²) in [6, 6.07) is 12.7. The molecular formula is C25H23FO4. The van der Waals surface area contributed by atoms with Gasteiger partial charge in [0, 0.05) is 6.08 Å². The minimum atomic E-state index is -0.573. The summed E-state index contributed by atoms with van der Waals surface area (Å²) in [5.41, 5.74) is 6.37. The van der Waals surface area contributed by atoms with Gasteiger partial charge in [0.15, 0.2) is 0 Å². The second-order valence-electron chi connectivity index (χ2n) is 7.03. The number of esters is 2. The normalized spacial score (nSPS) is 13.9. The minimum Gasteiger partial charge on any atom is -0.462 e. The molecule has 0 unspecified atom stereocenters. The van der Waals surface area contributed by atoms with Crippen molar-refractivity contribution in [2.75, 3.05) is 13.2 Å². The van der Waals surface area contributed by atoms with E-state index in [2.05, 4.69) is 6.58 Å². The summed E-state index contributed by atoms with van der Waals surface area (Å²) in [7, 11) is 0. The average Bonchev–Trinajstić information content (AvgIpc) is 2.97. The van der Waals surface area contributed by atoms with Crippen molar-refractivity contribution in [3.05, 3.63) is 88.8 Å². The van der Waals surface area contributed by atoms with Crippen molar-refractivity contribution in [1.29, 1.82) is 0 Å². The van der Waals surface area contributed by atoms with E-state index in [1.807, 2.05) is 44.2 Å². The van der Waals surface area contributed by atoms with Crippen LogP contribution in [0.15, 0.2) is 60.7 Å². The Balaban J connectivity index is 1.82. The van der Waals surface area contributed by atoms with Gasteiger partial charge in [-0.25, -0.2) is 9.18 Å². The molecule has 30 heavy (non-hydrogen) atoms. The zero-order valence-corrected chi connectivity index (χ0v) is 17.0. The fourth-order valence-electron chi connectivity index (χ4n) is 3.36. The van der Waals surface area contributed by atoms with Gasteiger partial charge in [0.1, 0.15) is 19.0 Å². The third-order valence-electron chi connectivity index (χ3n) is 4.92. The monoisotopic (exact) mass is 406 g/mol. The molecule has 0 N–H and O–H groups in total. The molecule has 0 saturated carbocycles. The number of halogens is 1. The SMILES string of the molecule is C=CC(=O)OCCOC(=O)CC1=C(C)/C(=C/c2ccc(C)cc2)c2ccc(F)cc21. The molecule has 0 heterocycles. The Morgan fingerprint density at radius 3 is 2.40 bits per heavy atom. The van der Waals surface area contributed by atoms with Crippen LogP contribution in [-0.2, 0) is 19.1 Å². The molecule has 154 valence electrons. The molecule has 0 aliphatic heterocycles. The number of hydrogen-bond donors (Lipinski definition) is 0. The summed E-state index contributed by atoms with van der Waals surface area (Å²) in [5, 5.41) is 0. The first-order chi connectivity index (χ1) is 14.4. The molecule has 0 spiro atoms. The second kappa shape index (κ2) is 9.35. The Morgan fingerprint density at radius 1 is 1.00 bits per heavy atom. The number of hydrogen-bond acceptors (Lipinski definition) is 4. The molecule has 3 rings (SSSR count). The van der Waals surface area contributed by atoms with E-state index in [1.165, 1.54) is 17.7 Å². The van der Waals surface area contributed by atoms with Gasteiger partial charge in [0.2, 0.25) is 0 Å². The van der Waals surface area contributed by atoms with Crippen LogP contribution < -0.4 is 0 Å². The van der Waals surface area contributed by atoms with Crippen LogP contribution in [0.2, 0.25) is 0 Å². The van der Waals surface area contributed by atoms with E-state index in [9.17, 15) is 14.0 Å². The molecule has 4 nitrogen and oxygen atoms in total. The maximum absolute atomic E-state index is 13.9. The van der Waals surface area contributed by atoms with Crippen molar-refractivity contribution < 1.29 is 23.5 Å². The van der Waals surface area contributed by atoms with Gasteiger partial charge in [-0.2, -0.15) is 0 Å². The first kappa shape index (κ1) is 21.2. The Hall–Kier alpha value is -3.47. The van der Waals surface area contributed by atoms with E-state index in [0.29, 0.717) is 5.56 Å². The first-order valence-electron chi connectivity index (χ1n) is 9.62. The number of allylic oxidation sites excluding steroid dienone is 2. The minimum absolute atomic E-state index is 0.00291. The first-order valence-corrected chi connectivity index (χ1v) is 9.62. The van der Waals surface area contributed by atoms with E-state index < -0.39 is 11.9 Å². The molecule has 0 aromatic heterocycles. The van der Waals surface area contributed by atoms with E-state index in [1.54, 1.807) is 6.07 Å². The maximum atomic E-state index is 13.9. The molecular weight excluding hydrogens is 383 g/mol. The van der Waals surface area contributed by atoms with Crippen LogP contribution in [0.25, 0.3) is 17.2 Å². The van der Waals surface area contributed by atoms with Gasteiger partial charge in [-0.15, -0.1) is 0 Å². The predicted octanol–water partition coefficient (Wildman–Crippen LogP) is 5.12. The highest BCUT2D eigenvalue weighted by atomic mass is 19.1. The number of carbonyl (C=O) groups is 2. The second-order valence-corrected chi connectivity index (χ2v) is 7.03. The Labute approximate surface area is 175 Å². The smallest absolute Gasteiger partial charge is 0.330 e. The van der Waals surface area contributed by atoms with Crippen LogP contribution in [0, 0.1) is 12.7 Å². The fraction of sp³-hybridized carbons (Fsp3) is 0.200. The van der Waals surface area contributed by atoms with E-state index in [-0.39, 0.29) is 25.5 Å². The highest BCUT2D eigenvalue weighted by molar-refractivity contribution is 6.07. The summed E-state index contributed by atoms with van der Waals surface area (Å²) < 4.78 is 23.9. The topological polar surface area (TPSA) is 52.6 Å². The molecule has 0 atom stereocenters. The summed E-state index contributed by atoms with van der Waals surface area (Å²) in [6.45, 7) is 7.15. The zero-order valence-electron chi connectivity index (χ0n) is 17.0. The molecule has 0 bridgehead atoms. The zero-order chi connectivity index (χ0) is 21.7. The fourth-order valence-corrected chi connectivity index (χ4v) is 3.36. The lowest BCUT2D eigenvalue weighted by molar-refractivity contribution is -0.148. The third-order valence-corrected chi connectivity index (χ3v) is 4.92. The van der Waals surface area contributed by atoms with Crippen molar-refractivity contribution in [3.8, 4) is 0 Å². The van der Waals surface area contributed by atoms with Crippen LogP contribution in [-0.4, -0.2) is 25.2 Å². The van der Waals surface area contributed by atoms with Gasteiger partial charge < -0.3 is 9.47 Å². The highest BCUT2D eigenvalue weighted by Crippen LogP contribution is 2.43. The summed E-state index contributed by atoms with van der Waals surface area (Å²) in [4.78, 5) is 23.3. The van der Waals surface area contributed by atoms with Crippen LogP contribution in [0.3, 0.4) is 0 Å². The predicted molar refractivity (Wildman–Crippen MR) is 115 cm³/mol. The van der Waals surface area contributed by atoms with Gasteiger partial charge in [0.25, 0.3) is 0 Å². The lowest BCUT2D eigenvalue weighted by Gasteiger charge is -2.08. The Morgan fingerprint density at radius 2 is 1.70 bits per heavy atom. The van der Waals surface area contributed by atoms with E-state index in [4.69, 9.17) is 9.47 Å². The number of aryl methyl sites for hydroxylation is 1. The number of fused-ring (bicyclic) bond motifs is 1. The number of carbonyl (C=O) groups excluding carboxylic acids is 2. The van der Waals surface area contributed by atoms with Crippen LogP contribution in [0.1, 0.15) is 35.6 Å². The van der Waals surface area contributed by atoms with Gasteiger partial charge in [-0.1, -0.05) is 42.5 Å². The third kappa shape index (κ3) is 4.92. The van der Waals surface area contributed by atoms with Crippen molar-refractivity contribution >= 4 is 29.2 Å². The van der Waals surface area contributed by atoms with E-state index in [0.717, 1.165) is 33.9 Å². The molecule has 2 aromatic rings. The van der Waals surface area contributed by atoms with E-state index >= 15 is 0 Å². The van der Waals surface area contributed by atoms with Gasteiger partial charge >= 0.3 is 11.9 Å². The maximum Gasteiger partial charge on any atom is 0.330 e. The van der Waals surface area contributed by atoms with Gasteiger partial charge in [-0.3, -0.25) is 4.79 Å². The summed E-state index contributed by atoms with van der Waals surface area (Å²) in [6.07, 6.45) is 3.09. The van der Waals surface area contributed by atoms with Gasteiger partial charge in [-0.05, 0) is 65.5 Å². The molecule has 1 aliphatic carbocycles. The van der Waals surface area contributed by atoms with Crippen molar-refractivity contribution in [1.82, 2.24) is 0 Å². The number of rotatable bonds is 7. The lowest BCUT2D eigenvalue weighted by Crippen LogP contribution is -2.13. The molecule has 0 fully saturated rings. The van der Waals surface area contributed by atoms with Crippen molar-refractivity contribution in [2.45, 2.75) is 20.3 Å². The van der Waals surface area contributed by atoms with Crippen molar-refractivity contribution in [2.24, 2.45) is 0 Å².